The zero-order valence-electron chi connectivity index (χ0n) is 13.3. The third-order valence-electron chi connectivity index (χ3n) is 3.58. The molecule has 0 saturated heterocycles. The molecule has 0 unspecified atom stereocenters. The summed E-state index contributed by atoms with van der Waals surface area (Å²) in [7, 11) is 0. The lowest BCUT2D eigenvalue weighted by molar-refractivity contribution is 0.0997. The Hall–Kier alpha value is -2.82. The van der Waals surface area contributed by atoms with Gasteiger partial charge in [0.2, 0.25) is 0 Å². The van der Waals surface area contributed by atoms with E-state index in [1.165, 1.54) is 0 Å². The number of amides is 1. The van der Waals surface area contributed by atoms with Crippen LogP contribution in [0, 0.1) is 13.8 Å². The lowest BCUT2D eigenvalue weighted by atomic mass is 10.1. The highest BCUT2D eigenvalue weighted by molar-refractivity contribution is 6.06. The molecule has 0 spiro atoms. The highest BCUT2D eigenvalue weighted by Crippen LogP contribution is 2.29. The van der Waals surface area contributed by atoms with Gasteiger partial charge in [-0.1, -0.05) is 6.07 Å². The van der Waals surface area contributed by atoms with Crippen molar-refractivity contribution in [3.63, 3.8) is 0 Å². The number of aromatic nitrogens is 1. The zero-order valence-corrected chi connectivity index (χ0v) is 13.3. The maximum Gasteiger partial charge on any atom is 0.292 e. The van der Waals surface area contributed by atoms with E-state index in [4.69, 9.17) is 9.15 Å². The maximum atomic E-state index is 12.4. The minimum Gasteiger partial charge on any atom is -0.494 e. The Morgan fingerprint density at radius 3 is 2.78 bits per heavy atom. The third-order valence-corrected chi connectivity index (χ3v) is 3.58. The normalized spacial score (nSPS) is 10.7. The highest BCUT2D eigenvalue weighted by Gasteiger charge is 2.18. The summed E-state index contributed by atoms with van der Waals surface area (Å²) in [5, 5.41) is 3.63. The highest BCUT2D eigenvalue weighted by atomic mass is 16.5. The molecule has 0 saturated carbocycles. The topological polar surface area (TPSA) is 64.4 Å². The van der Waals surface area contributed by atoms with Gasteiger partial charge in [0.1, 0.15) is 17.2 Å². The minimum atomic E-state index is -0.312. The van der Waals surface area contributed by atoms with Gasteiger partial charge < -0.3 is 14.5 Å². The molecule has 3 aromatic rings. The Labute approximate surface area is 134 Å². The number of aryl methyl sites for hydroxylation is 2. The number of rotatable bonds is 4. The fourth-order valence-corrected chi connectivity index (χ4v) is 2.39. The van der Waals surface area contributed by atoms with E-state index in [-0.39, 0.29) is 11.7 Å². The standard InChI is InChI=1S/C18H18N2O3/c1-4-22-13-6-7-15-14(9-13)12(3)17(23-15)18(21)20-16-8-5-11(2)10-19-16/h5-10H,4H2,1-3H3,(H,19,20,21). The molecule has 2 aromatic heterocycles. The second-order valence-electron chi connectivity index (χ2n) is 5.32. The monoisotopic (exact) mass is 310 g/mol. The molecule has 0 radical (unpaired) electrons. The summed E-state index contributed by atoms with van der Waals surface area (Å²) < 4.78 is 11.2. The smallest absolute Gasteiger partial charge is 0.292 e. The number of anilines is 1. The summed E-state index contributed by atoms with van der Waals surface area (Å²) in [4.78, 5) is 16.6. The second kappa shape index (κ2) is 6.12. The van der Waals surface area contributed by atoms with Gasteiger partial charge in [-0.05, 0) is 50.6 Å². The molecule has 0 bridgehead atoms. The van der Waals surface area contributed by atoms with Gasteiger partial charge in [0.05, 0.1) is 6.61 Å². The van der Waals surface area contributed by atoms with E-state index < -0.39 is 0 Å². The van der Waals surface area contributed by atoms with E-state index in [0.29, 0.717) is 18.0 Å². The number of carbonyl (C=O) groups is 1. The van der Waals surface area contributed by atoms with E-state index in [0.717, 1.165) is 22.3 Å². The molecule has 0 atom stereocenters. The molecule has 23 heavy (non-hydrogen) atoms. The maximum absolute atomic E-state index is 12.4. The predicted molar refractivity (Wildman–Crippen MR) is 89.0 cm³/mol. The van der Waals surface area contributed by atoms with E-state index in [9.17, 15) is 4.79 Å². The van der Waals surface area contributed by atoms with Gasteiger partial charge in [0, 0.05) is 17.1 Å². The molecule has 1 aromatic carbocycles. The summed E-state index contributed by atoms with van der Waals surface area (Å²) in [5.41, 5.74) is 2.48. The third kappa shape index (κ3) is 3.04. The van der Waals surface area contributed by atoms with Crippen LogP contribution in [0.3, 0.4) is 0 Å². The lowest BCUT2D eigenvalue weighted by Gasteiger charge is -2.03. The number of carbonyl (C=O) groups excluding carboxylic acids is 1. The number of hydrogen-bond donors (Lipinski definition) is 1. The van der Waals surface area contributed by atoms with Crippen molar-refractivity contribution in [3.8, 4) is 5.75 Å². The summed E-state index contributed by atoms with van der Waals surface area (Å²) >= 11 is 0. The Bertz CT molecular complexity index is 851. The van der Waals surface area contributed by atoms with Crippen molar-refractivity contribution in [2.24, 2.45) is 0 Å². The van der Waals surface area contributed by atoms with Crippen molar-refractivity contribution < 1.29 is 13.9 Å². The Balaban J connectivity index is 1.91. The van der Waals surface area contributed by atoms with Crippen LogP contribution in [0.25, 0.3) is 11.0 Å². The van der Waals surface area contributed by atoms with Crippen molar-refractivity contribution in [1.29, 1.82) is 0 Å². The van der Waals surface area contributed by atoms with E-state index in [2.05, 4.69) is 10.3 Å². The minimum absolute atomic E-state index is 0.288. The van der Waals surface area contributed by atoms with Gasteiger partial charge in [0.15, 0.2) is 5.76 Å². The number of hydrogen-bond acceptors (Lipinski definition) is 4. The number of pyridine rings is 1. The van der Waals surface area contributed by atoms with Gasteiger partial charge in [-0.25, -0.2) is 4.98 Å². The Morgan fingerprint density at radius 1 is 1.26 bits per heavy atom. The quantitative estimate of drug-likeness (QED) is 0.788. The molecule has 1 N–H and O–H groups in total. The fourth-order valence-electron chi connectivity index (χ4n) is 2.39. The van der Waals surface area contributed by atoms with Gasteiger partial charge in [-0.2, -0.15) is 0 Å². The largest absolute Gasteiger partial charge is 0.494 e. The van der Waals surface area contributed by atoms with Crippen LogP contribution in [-0.2, 0) is 0 Å². The number of nitrogens with zero attached hydrogens (tertiary/aromatic N) is 1. The first-order valence-electron chi connectivity index (χ1n) is 7.48. The van der Waals surface area contributed by atoms with Crippen LogP contribution in [0.1, 0.15) is 28.6 Å². The molecule has 5 heteroatoms. The van der Waals surface area contributed by atoms with Gasteiger partial charge in [-0.15, -0.1) is 0 Å². The number of furan rings is 1. The SMILES string of the molecule is CCOc1ccc2oc(C(=O)Nc3ccc(C)cn3)c(C)c2c1. The molecule has 118 valence electrons. The Morgan fingerprint density at radius 2 is 2.09 bits per heavy atom. The number of ether oxygens (including phenoxy) is 1. The van der Waals surface area contributed by atoms with Crippen LogP contribution < -0.4 is 10.1 Å². The van der Waals surface area contributed by atoms with Crippen LogP contribution in [0.5, 0.6) is 5.75 Å². The van der Waals surface area contributed by atoms with E-state index in [1.807, 2.05) is 45.0 Å². The van der Waals surface area contributed by atoms with Crippen LogP contribution >= 0.6 is 0 Å². The van der Waals surface area contributed by atoms with Gasteiger partial charge in [-0.3, -0.25) is 4.79 Å². The molecule has 1 amide bonds. The molecule has 2 heterocycles. The summed E-state index contributed by atoms with van der Waals surface area (Å²) in [5.74, 6) is 1.23. The van der Waals surface area contributed by atoms with Gasteiger partial charge >= 0.3 is 0 Å². The number of fused-ring (bicyclic) bond motifs is 1. The van der Waals surface area contributed by atoms with Gasteiger partial charge in [0.25, 0.3) is 5.91 Å². The van der Waals surface area contributed by atoms with Crippen LogP contribution in [0.2, 0.25) is 0 Å². The molecule has 0 aliphatic rings. The molecule has 5 nitrogen and oxygen atoms in total. The Kier molecular flexibility index (Phi) is 4.02. The molecule has 0 aliphatic carbocycles. The van der Waals surface area contributed by atoms with E-state index >= 15 is 0 Å². The summed E-state index contributed by atoms with van der Waals surface area (Å²) in [6, 6.07) is 9.19. The first-order valence-corrected chi connectivity index (χ1v) is 7.48. The lowest BCUT2D eigenvalue weighted by Crippen LogP contribution is -2.13. The second-order valence-corrected chi connectivity index (χ2v) is 5.32. The molecular formula is C18H18N2O3. The van der Waals surface area contributed by atoms with Crippen LogP contribution in [0.15, 0.2) is 40.9 Å². The number of benzene rings is 1. The van der Waals surface area contributed by atoms with E-state index in [1.54, 1.807) is 12.3 Å². The van der Waals surface area contributed by atoms with Crippen molar-refractivity contribution in [2.45, 2.75) is 20.8 Å². The van der Waals surface area contributed by atoms with Crippen LogP contribution in [0.4, 0.5) is 5.82 Å². The van der Waals surface area contributed by atoms with Crippen molar-refractivity contribution in [3.05, 3.63) is 53.4 Å². The van der Waals surface area contributed by atoms with Crippen molar-refractivity contribution >= 4 is 22.7 Å². The molecule has 0 aliphatic heterocycles. The molecule has 0 fully saturated rings. The summed E-state index contributed by atoms with van der Waals surface area (Å²) in [6.45, 7) is 6.33. The predicted octanol–water partition coefficient (Wildman–Crippen LogP) is 4.10. The average molecular weight is 310 g/mol. The summed E-state index contributed by atoms with van der Waals surface area (Å²) in [6.07, 6.45) is 1.70. The molecular weight excluding hydrogens is 292 g/mol. The number of nitrogens with one attached hydrogen (secondary N) is 1. The van der Waals surface area contributed by atoms with Crippen LogP contribution in [-0.4, -0.2) is 17.5 Å². The first kappa shape index (κ1) is 15.1. The first-order chi connectivity index (χ1) is 11.1. The molecule has 3 rings (SSSR count). The average Bonchev–Trinajstić information content (AvgIpc) is 2.87. The van der Waals surface area contributed by atoms with Crippen molar-refractivity contribution in [1.82, 2.24) is 4.98 Å². The zero-order chi connectivity index (χ0) is 16.4. The van der Waals surface area contributed by atoms with Crippen molar-refractivity contribution in [2.75, 3.05) is 11.9 Å². The fraction of sp³-hybridized carbons (Fsp3) is 0.222.